The van der Waals surface area contributed by atoms with Gasteiger partial charge in [0.1, 0.15) is 11.5 Å². The number of benzene rings is 1. The van der Waals surface area contributed by atoms with Crippen molar-refractivity contribution in [2.24, 2.45) is 0 Å². The summed E-state index contributed by atoms with van der Waals surface area (Å²) in [6.07, 6.45) is 1.57. The van der Waals surface area contributed by atoms with Crippen LogP contribution in [0.1, 0.15) is 21.7 Å². The Labute approximate surface area is 119 Å². The van der Waals surface area contributed by atoms with E-state index in [9.17, 15) is 4.79 Å². The third-order valence-electron chi connectivity index (χ3n) is 2.69. The van der Waals surface area contributed by atoms with Crippen molar-refractivity contribution in [3.05, 3.63) is 51.9 Å². The molecule has 19 heavy (non-hydrogen) atoms. The van der Waals surface area contributed by atoms with Gasteiger partial charge in [-0.15, -0.1) is 0 Å². The molecule has 1 amide bonds. The lowest BCUT2D eigenvalue weighted by Gasteiger charge is -2.12. The fraction of sp³-hybridized carbons (Fsp3) is 0.214. The molecular weight excluding hydrogens is 310 g/mol. The third-order valence-corrected chi connectivity index (χ3v) is 3.15. The van der Waals surface area contributed by atoms with Gasteiger partial charge in [0.2, 0.25) is 0 Å². The molecule has 0 aliphatic carbocycles. The zero-order chi connectivity index (χ0) is 13.8. The number of amides is 1. The molecular formula is C14H14BrNO3. The molecule has 0 atom stereocenters. The number of nitrogens with one attached hydrogen (secondary N) is 1. The minimum atomic E-state index is -0.197. The first kappa shape index (κ1) is 13.7. The van der Waals surface area contributed by atoms with Crippen LogP contribution in [-0.4, -0.2) is 13.0 Å². The molecule has 0 saturated heterocycles. The summed E-state index contributed by atoms with van der Waals surface area (Å²) in [5, 5.41) is 2.80. The molecule has 0 bridgehead atoms. The third kappa shape index (κ3) is 3.17. The van der Waals surface area contributed by atoms with Gasteiger partial charge in [-0.1, -0.05) is 15.9 Å². The van der Waals surface area contributed by atoms with Crippen LogP contribution in [0, 0.1) is 6.92 Å². The smallest absolute Gasteiger partial charge is 0.255 e. The van der Waals surface area contributed by atoms with E-state index in [-0.39, 0.29) is 5.91 Å². The maximum absolute atomic E-state index is 12.2. The van der Waals surface area contributed by atoms with Crippen LogP contribution in [0.25, 0.3) is 0 Å². The van der Waals surface area contributed by atoms with E-state index in [1.807, 2.05) is 19.1 Å². The highest BCUT2D eigenvalue weighted by Crippen LogP contribution is 2.27. The predicted molar refractivity (Wildman–Crippen MR) is 75.3 cm³/mol. The van der Waals surface area contributed by atoms with Gasteiger partial charge in [0, 0.05) is 4.47 Å². The van der Waals surface area contributed by atoms with Crippen LogP contribution in [0.3, 0.4) is 0 Å². The second-order valence-corrected chi connectivity index (χ2v) is 4.98. The Hall–Kier alpha value is -1.75. The lowest BCUT2D eigenvalue weighted by molar-refractivity contribution is 0.0945. The summed E-state index contributed by atoms with van der Waals surface area (Å²) < 4.78 is 11.3. The van der Waals surface area contributed by atoms with Crippen molar-refractivity contribution < 1.29 is 13.9 Å². The maximum atomic E-state index is 12.2. The van der Waals surface area contributed by atoms with Crippen LogP contribution in [0.15, 0.2) is 39.4 Å². The van der Waals surface area contributed by atoms with Crippen molar-refractivity contribution in [2.75, 3.05) is 7.11 Å². The highest BCUT2D eigenvalue weighted by molar-refractivity contribution is 9.10. The molecule has 1 heterocycles. The molecule has 1 aromatic heterocycles. The molecule has 1 aromatic carbocycles. The Morgan fingerprint density at radius 1 is 1.47 bits per heavy atom. The molecule has 0 fully saturated rings. The van der Waals surface area contributed by atoms with E-state index in [1.54, 1.807) is 25.5 Å². The fourth-order valence-corrected chi connectivity index (χ4v) is 2.42. The Morgan fingerprint density at radius 2 is 2.26 bits per heavy atom. The van der Waals surface area contributed by atoms with Crippen molar-refractivity contribution in [1.82, 2.24) is 5.32 Å². The van der Waals surface area contributed by atoms with Crippen LogP contribution in [0.4, 0.5) is 0 Å². The molecule has 0 spiro atoms. The number of furan rings is 1. The van der Waals surface area contributed by atoms with Crippen molar-refractivity contribution in [3.63, 3.8) is 0 Å². The van der Waals surface area contributed by atoms with Crippen LogP contribution >= 0.6 is 15.9 Å². The van der Waals surface area contributed by atoms with Gasteiger partial charge in [-0.25, -0.2) is 0 Å². The summed E-state index contributed by atoms with van der Waals surface area (Å²) in [7, 11) is 1.56. The Morgan fingerprint density at radius 3 is 2.89 bits per heavy atom. The number of hydrogen-bond acceptors (Lipinski definition) is 3. The van der Waals surface area contributed by atoms with Gasteiger partial charge in [0.15, 0.2) is 0 Å². The van der Waals surface area contributed by atoms with E-state index in [4.69, 9.17) is 9.15 Å². The Bertz CT molecular complexity index is 579. The molecule has 100 valence electrons. The second kappa shape index (κ2) is 5.93. The van der Waals surface area contributed by atoms with Crippen molar-refractivity contribution in [1.29, 1.82) is 0 Å². The molecule has 2 rings (SSSR count). The minimum absolute atomic E-state index is 0.197. The first-order chi connectivity index (χ1) is 9.11. The molecule has 2 aromatic rings. The van der Waals surface area contributed by atoms with E-state index in [0.717, 1.165) is 10.0 Å². The highest BCUT2D eigenvalue weighted by Gasteiger charge is 2.15. The fourth-order valence-electron chi connectivity index (χ4n) is 1.85. The van der Waals surface area contributed by atoms with Gasteiger partial charge in [-0.2, -0.15) is 0 Å². The summed E-state index contributed by atoms with van der Waals surface area (Å²) in [5.41, 5.74) is 1.40. The minimum Gasteiger partial charge on any atom is -0.496 e. The zero-order valence-electron chi connectivity index (χ0n) is 10.7. The van der Waals surface area contributed by atoms with Crippen molar-refractivity contribution in [3.8, 4) is 5.75 Å². The lowest BCUT2D eigenvalue weighted by atomic mass is 10.1. The molecule has 4 nitrogen and oxygen atoms in total. The second-order valence-electron chi connectivity index (χ2n) is 4.07. The van der Waals surface area contributed by atoms with Gasteiger partial charge in [-0.3, -0.25) is 4.79 Å². The molecule has 0 radical (unpaired) electrons. The topological polar surface area (TPSA) is 51.5 Å². The molecule has 5 heteroatoms. The summed E-state index contributed by atoms with van der Waals surface area (Å²) >= 11 is 3.38. The highest BCUT2D eigenvalue weighted by atomic mass is 79.9. The average Bonchev–Trinajstić information content (AvgIpc) is 2.88. The van der Waals surface area contributed by atoms with Crippen LogP contribution in [-0.2, 0) is 6.54 Å². The van der Waals surface area contributed by atoms with Crippen LogP contribution in [0.5, 0.6) is 5.75 Å². The van der Waals surface area contributed by atoms with Crippen molar-refractivity contribution in [2.45, 2.75) is 13.5 Å². The number of carbonyl (C=O) groups excluding carboxylic acids is 1. The van der Waals surface area contributed by atoms with Gasteiger partial charge in [0.25, 0.3) is 5.91 Å². The molecule has 0 unspecified atom stereocenters. The van der Waals surface area contributed by atoms with Gasteiger partial charge in [0.05, 0.1) is 25.5 Å². The predicted octanol–water partition coefficient (Wildman–Crippen LogP) is 3.29. The van der Waals surface area contributed by atoms with Gasteiger partial charge in [-0.05, 0) is 36.8 Å². The first-order valence-corrected chi connectivity index (χ1v) is 6.56. The number of hydrogen-bond donors (Lipinski definition) is 1. The first-order valence-electron chi connectivity index (χ1n) is 5.76. The van der Waals surface area contributed by atoms with E-state index in [1.165, 1.54) is 0 Å². The van der Waals surface area contributed by atoms with Crippen LogP contribution in [0.2, 0.25) is 0 Å². The number of halogens is 1. The lowest BCUT2D eigenvalue weighted by Crippen LogP contribution is -2.23. The Kier molecular flexibility index (Phi) is 4.27. The van der Waals surface area contributed by atoms with E-state index in [2.05, 4.69) is 21.2 Å². The quantitative estimate of drug-likeness (QED) is 0.939. The van der Waals surface area contributed by atoms with Gasteiger partial charge >= 0.3 is 0 Å². The standard InChI is InChI=1S/C14H14BrNO3/c1-9-6-10(15)7-12(13(9)18-2)14(17)16-8-11-4-3-5-19-11/h3-7H,8H2,1-2H3,(H,16,17). The van der Waals surface area contributed by atoms with Crippen molar-refractivity contribution >= 4 is 21.8 Å². The van der Waals surface area contributed by atoms with E-state index >= 15 is 0 Å². The van der Waals surface area contributed by atoms with E-state index < -0.39 is 0 Å². The maximum Gasteiger partial charge on any atom is 0.255 e. The zero-order valence-corrected chi connectivity index (χ0v) is 12.3. The molecule has 0 aliphatic heterocycles. The normalized spacial score (nSPS) is 10.3. The number of rotatable bonds is 4. The number of methoxy groups -OCH3 is 1. The molecule has 1 N–H and O–H groups in total. The summed E-state index contributed by atoms with van der Waals surface area (Å²) in [5.74, 6) is 1.09. The average molecular weight is 324 g/mol. The molecule has 0 aliphatic rings. The molecule has 0 saturated carbocycles. The number of ether oxygens (including phenoxy) is 1. The summed E-state index contributed by atoms with van der Waals surface area (Å²) in [6, 6.07) is 7.24. The monoisotopic (exact) mass is 323 g/mol. The van der Waals surface area contributed by atoms with E-state index in [0.29, 0.717) is 23.6 Å². The summed E-state index contributed by atoms with van der Waals surface area (Å²) in [4.78, 5) is 12.2. The van der Waals surface area contributed by atoms with Gasteiger partial charge < -0.3 is 14.5 Å². The summed E-state index contributed by atoms with van der Waals surface area (Å²) in [6.45, 7) is 2.24. The van der Waals surface area contributed by atoms with Crippen LogP contribution < -0.4 is 10.1 Å². The largest absolute Gasteiger partial charge is 0.496 e. The Balaban J connectivity index is 2.18. The number of aryl methyl sites for hydroxylation is 1. The SMILES string of the molecule is COc1c(C)cc(Br)cc1C(=O)NCc1ccco1. The number of carbonyl (C=O) groups is 1.